The van der Waals surface area contributed by atoms with Crippen molar-refractivity contribution in [3.63, 3.8) is 0 Å². The van der Waals surface area contributed by atoms with Crippen LogP contribution in [0.4, 0.5) is 0 Å². The zero-order chi connectivity index (χ0) is 10.2. The number of rotatable bonds is 1. The van der Waals surface area contributed by atoms with Crippen LogP contribution in [0.15, 0.2) is 24.3 Å². The van der Waals surface area contributed by atoms with E-state index in [-0.39, 0.29) is 6.61 Å². The number of benzene rings is 1. The van der Waals surface area contributed by atoms with Crippen LogP contribution in [0.1, 0.15) is 24.0 Å². The highest BCUT2D eigenvalue weighted by molar-refractivity contribution is 5.24. The molecule has 0 amide bonds. The van der Waals surface area contributed by atoms with E-state index in [1.165, 1.54) is 12.8 Å². The fourth-order valence-electron chi connectivity index (χ4n) is 1.30. The van der Waals surface area contributed by atoms with Crippen LogP contribution in [-0.4, -0.2) is 18.3 Å². The van der Waals surface area contributed by atoms with Crippen LogP contribution in [0, 0.1) is 6.92 Å². The molecule has 1 aromatic rings. The Kier molecular flexibility index (Phi) is 5.27. The number of aliphatic hydroxyl groups is 1. The smallest absolute Gasteiger partial charge is 0.0684 e. The fraction of sp³-hybridized carbons (Fsp3) is 0.500. The van der Waals surface area contributed by atoms with Gasteiger partial charge in [0.15, 0.2) is 0 Å². The highest BCUT2D eigenvalue weighted by Gasteiger charge is 1.94. The lowest BCUT2D eigenvalue weighted by Crippen LogP contribution is -1.85. The van der Waals surface area contributed by atoms with Crippen LogP contribution in [-0.2, 0) is 11.3 Å². The standard InChI is InChI=1S/C8H10O.C4H8O/c1-7-4-2-3-5-8(7)6-9;1-2-4-5-3-1/h2-5,9H,6H2,1H3;1-4H2. The molecule has 0 spiro atoms. The Morgan fingerprint density at radius 1 is 1.21 bits per heavy atom. The van der Waals surface area contributed by atoms with E-state index in [1.807, 2.05) is 31.2 Å². The number of ether oxygens (including phenoxy) is 1. The van der Waals surface area contributed by atoms with Gasteiger partial charge in [0.2, 0.25) is 0 Å². The maximum atomic E-state index is 8.72. The lowest BCUT2D eigenvalue weighted by atomic mass is 10.1. The third kappa shape index (κ3) is 3.90. The molecule has 2 nitrogen and oxygen atoms in total. The SMILES string of the molecule is C1CCOC1.Cc1ccccc1CO. The molecule has 1 fully saturated rings. The molecule has 0 saturated carbocycles. The second kappa shape index (κ2) is 6.57. The fourth-order valence-corrected chi connectivity index (χ4v) is 1.30. The number of aryl methyl sites for hydroxylation is 1. The molecule has 78 valence electrons. The van der Waals surface area contributed by atoms with Crippen LogP contribution in [0.3, 0.4) is 0 Å². The lowest BCUT2D eigenvalue weighted by molar-refractivity contribution is 0.198. The maximum absolute atomic E-state index is 8.72. The molecule has 1 aromatic carbocycles. The summed E-state index contributed by atoms with van der Waals surface area (Å²) in [4.78, 5) is 0. The lowest BCUT2D eigenvalue weighted by Gasteiger charge is -1.97. The zero-order valence-electron chi connectivity index (χ0n) is 8.70. The molecule has 14 heavy (non-hydrogen) atoms. The molecule has 1 N–H and O–H groups in total. The zero-order valence-corrected chi connectivity index (χ0v) is 8.70. The van der Waals surface area contributed by atoms with Crippen LogP contribution in [0.2, 0.25) is 0 Å². The van der Waals surface area contributed by atoms with E-state index in [4.69, 9.17) is 9.84 Å². The third-order valence-corrected chi connectivity index (χ3v) is 2.26. The molecule has 0 aromatic heterocycles. The molecule has 0 unspecified atom stereocenters. The second-order valence-corrected chi connectivity index (χ2v) is 3.40. The van der Waals surface area contributed by atoms with Gasteiger partial charge in [0.25, 0.3) is 0 Å². The van der Waals surface area contributed by atoms with Crippen LogP contribution >= 0.6 is 0 Å². The van der Waals surface area contributed by atoms with Gasteiger partial charge in [-0.1, -0.05) is 24.3 Å². The Balaban J connectivity index is 0.000000165. The third-order valence-electron chi connectivity index (χ3n) is 2.26. The first-order valence-corrected chi connectivity index (χ1v) is 5.07. The Bertz CT molecular complexity index is 247. The minimum atomic E-state index is 0.146. The summed E-state index contributed by atoms with van der Waals surface area (Å²) in [6.45, 7) is 4.14. The van der Waals surface area contributed by atoms with Crippen LogP contribution < -0.4 is 0 Å². The second-order valence-electron chi connectivity index (χ2n) is 3.40. The van der Waals surface area contributed by atoms with Gasteiger partial charge >= 0.3 is 0 Å². The number of aliphatic hydroxyl groups excluding tert-OH is 1. The molecule has 0 aliphatic carbocycles. The molecule has 2 rings (SSSR count). The first-order valence-electron chi connectivity index (χ1n) is 5.07. The Hall–Kier alpha value is -0.860. The van der Waals surface area contributed by atoms with Gasteiger partial charge in [-0.05, 0) is 30.9 Å². The van der Waals surface area contributed by atoms with E-state index in [1.54, 1.807) is 0 Å². The summed E-state index contributed by atoms with van der Waals surface area (Å²) in [5.74, 6) is 0. The largest absolute Gasteiger partial charge is 0.392 e. The highest BCUT2D eigenvalue weighted by atomic mass is 16.5. The molecular formula is C12H18O2. The molecule has 0 bridgehead atoms. The predicted molar refractivity (Wildman–Crippen MR) is 57.2 cm³/mol. The first-order chi connectivity index (χ1) is 6.84. The quantitative estimate of drug-likeness (QED) is 0.743. The first kappa shape index (κ1) is 11.2. The van der Waals surface area contributed by atoms with E-state index in [2.05, 4.69) is 0 Å². The summed E-state index contributed by atoms with van der Waals surface area (Å²) in [5.41, 5.74) is 2.16. The molecule has 0 radical (unpaired) electrons. The van der Waals surface area contributed by atoms with Gasteiger partial charge in [-0.3, -0.25) is 0 Å². The van der Waals surface area contributed by atoms with Crippen LogP contribution in [0.5, 0.6) is 0 Å². The molecule has 2 heteroatoms. The van der Waals surface area contributed by atoms with Gasteiger partial charge in [0.1, 0.15) is 0 Å². The minimum Gasteiger partial charge on any atom is -0.392 e. The maximum Gasteiger partial charge on any atom is 0.0684 e. The molecule has 1 aliphatic rings. The van der Waals surface area contributed by atoms with E-state index >= 15 is 0 Å². The molecular weight excluding hydrogens is 176 g/mol. The van der Waals surface area contributed by atoms with Crippen LogP contribution in [0.25, 0.3) is 0 Å². The minimum absolute atomic E-state index is 0.146. The topological polar surface area (TPSA) is 29.5 Å². The van der Waals surface area contributed by atoms with E-state index in [0.29, 0.717) is 0 Å². The van der Waals surface area contributed by atoms with E-state index in [9.17, 15) is 0 Å². The molecule has 1 aliphatic heterocycles. The van der Waals surface area contributed by atoms with Crippen molar-refractivity contribution >= 4 is 0 Å². The highest BCUT2D eigenvalue weighted by Crippen LogP contribution is 2.05. The summed E-state index contributed by atoms with van der Waals surface area (Å²) in [6, 6.07) is 7.81. The van der Waals surface area contributed by atoms with Crippen molar-refractivity contribution in [2.24, 2.45) is 0 Å². The van der Waals surface area contributed by atoms with E-state index < -0.39 is 0 Å². The van der Waals surface area contributed by atoms with Gasteiger partial charge in [-0.2, -0.15) is 0 Å². The van der Waals surface area contributed by atoms with Crippen molar-refractivity contribution < 1.29 is 9.84 Å². The van der Waals surface area contributed by atoms with Crippen molar-refractivity contribution in [3.05, 3.63) is 35.4 Å². The van der Waals surface area contributed by atoms with Gasteiger partial charge in [0, 0.05) is 13.2 Å². The van der Waals surface area contributed by atoms with Crippen molar-refractivity contribution in [1.82, 2.24) is 0 Å². The monoisotopic (exact) mass is 194 g/mol. The van der Waals surface area contributed by atoms with Gasteiger partial charge in [0.05, 0.1) is 6.61 Å². The van der Waals surface area contributed by atoms with Gasteiger partial charge in [-0.25, -0.2) is 0 Å². The summed E-state index contributed by atoms with van der Waals surface area (Å²) in [5, 5.41) is 8.72. The van der Waals surface area contributed by atoms with Crippen molar-refractivity contribution in [2.75, 3.05) is 13.2 Å². The summed E-state index contributed by atoms with van der Waals surface area (Å²) >= 11 is 0. The average molecular weight is 194 g/mol. The summed E-state index contributed by atoms with van der Waals surface area (Å²) < 4.78 is 4.94. The van der Waals surface area contributed by atoms with Gasteiger partial charge in [-0.15, -0.1) is 0 Å². The average Bonchev–Trinajstić information content (AvgIpc) is 2.76. The molecule has 1 saturated heterocycles. The molecule has 1 heterocycles. The Morgan fingerprint density at radius 3 is 2.21 bits per heavy atom. The number of hydrogen-bond donors (Lipinski definition) is 1. The van der Waals surface area contributed by atoms with Crippen molar-refractivity contribution in [1.29, 1.82) is 0 Å². The Labute approximate surface area is 85.5 Å². The normalized spacial score (nSPS) is 14.7. The van der Waals surface area contributed by atoms with Crippen molar-refractivity contribution in [2.45, 2.75) is 26.4 Å². The van der Waals surface area contributed by atoms with E-state index in [0.717, 1.165) is 24.3 Å². The Morgan fingerprint density at radius 2 is 1.86 bits per heavy atom. The van der Waals surface area contributed by atoms with Crippen molar-refractivity contribution in [3.8, 4) is 0 Å². The summed E-state index contributed by atoms with van der Waals surface area (Å²) in [6.07, 6.45) is 2.56. The number of hydrogen-bond acceptors (Lipinski definition) is 2. The van der Waals surface area contributed by atoms with Gasteiger partial charge < -0.3 is 9.84 Å². The summed E-state index contributed by atoms with van der Waals surface area (Å²) in [7, 11) is 0. The predicted octanol–water partition coefficient (Wildman–Crippen LogP) is 2.28. The molecule has 0 atom stereocenters.